The minimum Gasteiger partial charge on any atom is -0.456 e. The van der Waals surface area contributed by atoms with Crippen molar-refractivity contribution in [1.29, 1.82) is 0 Å². The number of hydrogen-bond donors (Lipinski definition) is 1. The molecule has 1 aromatic heterocycles. The summed E-state index contributed by atoms with van der Waals surface area (Å²) in [5.41, 5.74) is 4.44. The molecule has 20 heavy (non-hydrogen) atoms. The smallest absolute Gasteiger partial charge is 0.307 e. The van der Waals surface area contributed by atoms with Crippen LogP contribution in [-0.2, 0) is 0 Å². The quantitative estimate of drug-likeness (QED) is 0.686. The number of furan rings is 1. The molecule has 0 saturated heterocycles. The van der Waals surface area contributed by atoms with Gasteiger partial charge < -0.3 is 9.32 Å². The van der Waals surface area contributed by atoms with Gasteiger partial charge in [-0.3, -0.25) is 4.79 Å². The topological polar surface area (TPSA) is 57.8 Å². The number of amides is 1. The van der Waals surface area contributed by atoms with Crippen molar-refractivity contribution in [2.45, 2.75) is 6.92 Å². The molecule has 0 atom stereocenters. The molecule has 1 N–H and O–H groups in total. The van der Waals surface area contributed by atoms with Crippen LogP contribution in [0.2, 0.25) is 0 Å². The maximum Gasteiger partial charge on any atom is 0.307 e. The number of rotatable bonds is 4. The molecule has 1 amide bonds. The summed E-state index contributed by atoms with van der Waals surface area (Å²) < 4.78 is 5.20. The molecule has 0 aliphatic rings. The van der Waals surface area contributed by atoms with E-state index in [2.05, 4.69) is 10.5 Å². The fraction of sp³-hybridized carbons (Fsp3) is 0.200. The zero-order valence-corrected chi connectivity index (χ0v) is 11.8. The van der Waals surface area contributed by atoms with Crippen LogP contribution >= 0.6 is 0 Å². The number of nitrogens with one attached hydrogen (secondary N) is 1. The molecular formula is C15H17N3O2. The van der Waals surface area contributed by atoms with Gasteiger partial charge in [-0.1, -0.05) is 12.1 Å². The summed E-state index contributed by atoms with van der Waals surface area (Å²) in [4.78, 5) is 13.7. The normalized spacial score (nSPS) is 10.8. The highest BCUT2D eigenvalue weighted by atomic mass is 16.3. The van der Waals surface area contributed by atoms with E-state index in [1.807, 2.05) is 43.3 Å². The van der Waals surface area contributed by atoms with E-state index in [1.165, 1.54) is 0 Å². The molecule has 0 bridgehead atoms. The van der Waals surface area contributed by atoms with Crippen LogP contribution in [0.1, 0.15) is 21.9 Å². The Kier molecular flexibility index (Phi) is 4.20. The van der Waals surface area contributed by atoms with Crippen LogP contribution in [0.15, 0.2) is 45.9 Å². The van der Waals surface area contributed by atoms with Gasteiger partial charge in [0.25, 0.3) is 0 Å². The summed E-state index contributed by atoms with van der Waals surface area (Å²) in [5.74, 6) is 0.584. The Morgan fingerprint density at radius 3 is 2.45 bits per heavy atom. The number of anilines is 1. The van der Waals surface area contributed by atoms with E-state index in [4.69, 9.17) is 4.42 Å². The monoisotopic (exact) mass is 271 g/mol. The number of hydrogen-bond acceptors (Lipinski definition) is 4. The highest BCUT2D eigenvalue weighted by Crippen LogP contribution is 2.11. The fourth-order valence-corrected chi connectivity index (χ4v) is 1.64. The van der Waals surface area contributed by atoms with Gasteiger partial charge in [-0.05, 0) is 36.8 Å². The summed E-state index contributed by atoms with van der Waals surface area (Å²) in [5, 5.41) is 3.90. The Labute approximate surface area is 117 Å². The first-order chi connectivity index (χ1) is 9.56. The molecule has 0 radical (unpaired) electrons. The fourth-order valence-electron chi connectivity index (χ4n) is 1.64. The van der Waals surface area contributed by atoms with Crippen molar-refractivity contribution in [2.75, 3.05) is 19.0 Å². The van der Waals surface area contributed by atoms with E-state index in [-0.39, 0.29) is 11.7 Å². The number of carbonyl (C=O) groups excluding carboxylic acids is 1. The number of nitrogens with zero attached hydrogens (tertiary/aromatic N) is 2. The Bertz CT molecular complexity index is 612. The second-order valence-electron chi connectivity index (χ2n) is 4.60. The third kappa shape index (κ3) is 3.47. The Hall–Kier alpha value is -2.56. The standard InChI is InChI=1S/C15H17N3O2/c1-11-4-9-14(20-11)15(19)17-16-10-12-5-7-13(8-6-12)18(2)3/h4-10H,1-3H3,(H,17,19)/b16-10+. The summed E-state index contributed by atoms with van der Waals surface area (Å²) >= 11 is 0. The molecule has 0 spiro atoms. The van der Waals surface area contributed by atoms with Crippen molar-refractivity contribution >= 4 is 17.8 Å². The SMILES string of the molecule is Cc1ccc(C(=O)N/N=C/c2ccc(N(C)C)cc2)o1. The van der Waals surface area contributed by atoms with Crippen molar-refractivity contribution in [3.63, 3.8) is 0 Å². The van der Waals surface area contributed by atoms with Gasteiger partial charge in [-0.2, -0.15) is 5.10 Å². The lowest BCUT2D eigenvalue weighted by Crippen LogP contribution is -2.16. The van der Waals surface area contributed by atoms with Crippen LogP contribution < -0.4 is 10.3 Å². The molecule has 0 fully saturated rings. The van der Waals surface area contributed by atoms with Gasteiger partial charge in [-0.15, -0.1) is 0 Å². The van der Waals surface area contributed by atoms with Crippen LogP contribution in [0.3, 0.4) is 0 Å². The number of hydrazone groups is 1. The minimum atomic E-state index is -0.362. The van der Waals surface area contributed by atoms with Gasteiger partial charge >= 0.3 is 5.91 Å². The summed E-state index contributed by atoms with van der Waals surface area (Å²) in [7, 11) is 3.96. The van der Waals surface area contributed by atoms with Crippen molar-refractivity contribution in [3.05, 3.63) is 53.5 Å². The van der Waals surface area contributed by atoms with Gasteiger partial charge in [0.05, 0.1) is 6.21 Å². The second kappa shape index (κ2) is 6.06. The molecule has 104 valence electrons. The second-order valence-corrected chi connectivity index (χ2v) is 4.60. The summed E-state index contributed by atoms with van der Waals surface area (Å²) in [6, 6.07) is 11.2. The highest BCUT2D eigenvalue weighted by Gasteiger charge is 2.07. The highest BCUT2D eigenvalue weighted by molar-refractivity contribution is 5.92. The van der Waals surface area contributed by atoms with E-state index in [0.717, 1.165) is 11.3 Å². The molecule has 0 aliphatic carbocycles. The first-order valence-corrected chi connectivity index (χ1v) is 6.23. The largest absolute Gasteiger partial charge is 0.456 e. The zero-order valence-electron chi connectivity index (χ0n) is 11.8. The van der Waals surface area contributed by atoms with Gasteiger partial charge in [0.1, 0.15) is 5.76 Å². The van der Waals surface area contributed by atoms with E-state index in [9.17, 15) is 4.79 Å². The third-order valence-electron chi connectivity index (χ3n) is 2.75. The molecule has 2 rings (SSSR count). The zero-order chi connectivity index (χ0) is 14.5. The predicted molar refractivity (Wildman–Crippen MR) is 79.3 cm³/mol. The predicted octanol–water partition coefficient (Wildman–Crippen LogP) is 2.42. The van der Waals surface area contributed by atoms with Crippen molar-refractivity contribution in [1.82, 2.24) is 5.43 Å². The molecule has 5 heteroatoms. The van der Waals surface area contributed by atoms with Crippen LogP contribution in [0, 0.1) is 6.92 Å². The van der Waals surface area contributed by atoms with Gasteiger partial charge in [0.15, 0.2) is 5.76 Å². The lowest BCUT2D eigenvalue weighted by atomic mass is 10.2. The van der Waals surface area contributed by atoms with E-state index < -0.39 is 0 Å². The summed E-state index contributed by atoms with van der Waals surface area (Å²) in [6.45, 7) is 1.78. The van der Waals surface area contributed by atoms with Crippen molar-refractivity contribution < 1.29 is 9.21 Å². The Morgan fingerprint density at radius 2 is 1.90 bits per heavy atom. The van der Waals surface area contributed by atoms with E-state index in [1.54, 1.807) is 25.3 Å². The molecule has 0 aliphatic heterocycles. The molecule has 2 aromatic rings. The van der Waals surface area contributed by atoms with Gasteiger partial charge in [0.2, 0.25) is 0 Å². The average molecular weight is 271 g/mol. The average Bonchev–Trinajstić information content (AvgIpc) is 2.86. The van der Waals surface area contributed by atoms with E-state index in [0.29, 0.717) is 5.76 Å². The lowest BCUT2D eigenvalue weighted by molar-refractivity contribution is 0.0926. The minimum absolute atomic E-state index is 0.252. The van der Waals surface area contributed by atoms with E-state index >= 15 is 0 Å². The Balaban J connectivity index is 1.94. The third-order valence-corrected chi connectivity index (χ3v) is 2.75. The van der Waals surface area contributed by atoms with Crippen LogP contribution in [-0.4, -0.2) is 26.2 Å². The number of benzene rings is 1. The van der Waals surface area contributed by atoms with Gasteiger partial charge in [-0.25, -0.2) is 5.43 Å². The molecule has 1 aromatic carbocycles. The molecule has 0 saturated carbocycles. The van der Waals surface area contributed by atoms with Crippen LogP contribution in [0.5, 0.6) is 0 Å². The first kappa shape index (κ1) is 13.9. The lowest BCUT2D eigenvalue weighted by Gasteiger charge is -2.11. The van der Waals surface area contributed by atoms with Gasteiger partial charge in [0, 0.05) is 19.8 Å². The number of carbonyl (C=O) groups is 1. The first-order valence-electron chi connectivity index (χ1n) is 6.23. The van der Waals surface area contributed by atoms with Crippen LogP contribution in [0.25, 0.3) is 0 Å². The molecular weight excluding hydrogens is 254 g/mol. The molecule has 5 nitrogen and oxygen atoms in total. The maximum absolute atomic E-state index is 11.7. The van der Waals surface area contributed by atoms with Crippen molar-refractivity contribution in [2.24, 2.45) is 5.10 Å². The van der Waals surface area contributed by atoms with Crippen LogP contribution in [0.4, 0.5) is 5.69 Å². The molecule has 0 unspecified atom stereocenters. The maximum atomic E-state index is 11.7. The number of aryl methyl sites for hydroxylation is 1. The van der Waals surface area contributed by atoms with Crippen molar-refractivity contribution in [3.8, 4) is 0 Å². The summed E-state index contributed by atoms with van der Waals surface area (Å²) in [6.07, 6.45) is 1.59. The Morgan fingerprint density at radius 1 is 1.20 bits per heavy atom. The molecule has 1 heterocycles.